The molecule has 1 saturated carbocycles. The van der Waals surface area contributed by atoms with Crippen LogP contribution < -0.4 is 0 Å². The van der Waals surface area contributed by atoms with Gasteiger partial charge >= 0.3 is 0 Å². The van der Waals surface area contributed by atoms with Gasteiger partial charge in [-0.15, -0.1) is 11.6 Å². The maximum absolute atomic E-state index is 13.4. The van der Waals surface area contributed by atoms with Crippen LogP contribution in [0.2, 0.25) is 0 Å². The molecule has 1 fully saturated rings. The van der Waals surface area contributed by atoms with Crippen molar-refractivity contribution in [2.75, 3.05) is 6.26 Å². The zero-order chi connectivity index (χ0) is 12.8. The van der Waals surface area contributed by atoms with Crippen LogP contribution in [-0.2, 0) is 12.4 Å². The van der Waals surface area contributed by atoms with Crippen LogP contribution in [0.15, 0.2) is 18.2 Å². The molecule has 0 unspecified atom stereocenters. The van der Waals surface area contributed by atoms with Crippen molar-refractivity contribution in [1.29, 1.82) is 0 Å². The molecule has 0 spiro atoms. The van der Waals surface area contributed by atoms with Gasteiger partial charge in [-0.25, -0.2) is 9.37 Å². The Morgan fingerprint density at radius 3 is 2.89 bits per heavy atom. The summed E-state index contributed by atoms with van der Waals surface area (Å²) in [6.45, 7) is 0.871. The summed E-state index contributed by atoms with van der Waals surface area (Å²) in [5, 5.41) is 0. The topological polar surface area (TPSA) is 17.8 Å². The van der Waals surface area contributed by atoms with Crippen molar-refractivity contribution >= 4 is 34.4 Å². The van der Waals surface area contributed by atoms with Gasteiger partial charge in [0.15, 0.2) is 0 Å². The van der Waals surface area contributed by atoms with E-state index < -0.39 is 0 Å². The molecule has 0 radical (unpaired) electrons. The summed E-state index contributed by atoms with van der Waals surface area (Å²) in [5.41, 5.74) is 1.68. The molecule has 0 N–H and O–H groups in total. The second-order valence-corrected chi connectivity index (χ2v) is 6.31. The molecular weight excluding hydrogens is 271 g/mol. The fraction of sp³-hybridized carbons (Fsp3) is 0.462. The van der Waals surface area contributed by atoms with Gasteiger partial charge in [0.05, 0.1) is 16.9 Å². The Labute approximate surface area is 115 Å². The number of hydrogen-bond donors (Lipinski definition) is 0. The number of benzene rings is 1. The van der Waals surface area contributed by atoms with Crippen molar-refractivity contribution in [3.05, 3.63) is 29.8 Å². The molecule has 1 aromatic heterocycles. The minimum Gasteiger partial charge on any atom is -0.325 e. The SMILES string of the molecule is CSC1(Cn2c(CCl)nc3ccc(F)cc32)CC1. The number of rotatable bonds is 4. The van der Waals surface area contributed by atoms with Gasteiger partial charge in [0, 0.05) is 11.3 Å². The molecule has 96 valence electrons. The van der Waals surface area contributed by atoms with Gasteiger partial charge < -0.3 is 4.57 Å². The minimum atomic E-state index is -0.223. The smallest absolute Gasteiger partial charge is 0.125 e. The third kappa shape index (κ3) is 2.01. The summed E-state index contributed by atoms with van der Waals surface area (Å²) in [6.07, 6.45) is 4.56. The number of alkyl halides is 1. The molecule has 0 saturated heterocycles. The van der Waals surface area contributed by atoms with Crippen molar-refractivity contribution in [2.24, 2.45) is 0 Å². The van der Waals surface area contributed by atoms with Gasteiger partial charge in [0.1, 0.15) is 11.6 Å². The molecule has 3 rings (SSSR count). The van der Waals surface area contributed by atoms with Gasteiger partial charge in [0.2, 0.25) is 0 Å². The summed E-state index contributed by atoms with van der Waals surface area (Å²) in [7, 11) is 0. The standard InChI is InChI=1S/C13H14ClFN2S/c1-18-13(4-5-13)8-17-11-6-9(15)2-3-10(11)16-12(17)7-14/h2-3,6H,4-5,7-8H2,1H3. The summed E-state index contributed by atoms with van der Waals surface area (Å²) in [4.78, 5) is 4.47. The monoisotopic (exact) mass is 284 g/mol. The highest BCUT2D eigenvalue weighted by atomic mass is 35.5. The third-order valence-electron chi connectivity index (χ3n) is 3.60. The van der Waals surface area contributed by atoms with E-state index in [1.54, 1.807) is 12.1 Å². The molecule has 2 aromatic rings. The van der Waals surface area contributed by atoms with Crippen molar-refractivity contribution in [3.8, 4) is 0 Å². The lowest BCUT2D eigenvalue weighted by Gasteiger charge is -2.15. The van der Waals surface area contributed by atoms with E-state index in [2.05, 4.69) is 15.8 Å². The van der Waals surface area contributed by atoms with Crippen LogP contribution in [-0.4, -0.2) is 20.6 Å². The van der Waals surface area contributed by atoms with E-state index in [4.69, 9.17) is 11.6 Å². The Hall–Kier alpha value is -0.740. The van der Waals surface area contributed by atoms with Gasteiger partial charge in [-0.3, -0.25) is 0 Å². The largest absolute Gasteiger partial charge is 0.325 e. The molecule has 2 nitrogen and oxygen atoms in total. The van der Waals surface area contributed by atoms with E-state index in [1.165, 1.54) is 18.9 Å². The molecule has 1 aliphatic rings. The molecule has 1 aliphatic carbocycles. The number of fused-ring (bicyclic) bond motifs is 1. The van der Waals surface area contributed by atoms with Crippen molar-refractivity contribution in [1.82, 2.24) is 9.55 Å². The first-order valence-electron chi connectivity index (χ1n) is 5.93. The Kier molecular flexibility index (Phi) is 3.02. The van der Waals surface area contributed by atoms with E-state index >= 15 is 0 Å². The molecule has 1 heterocycles. The van der Waals surface area contributed by atoms with E-state index in [9.17, 15) is 4.39 Å². The van der Waals surface area contributed by atoms with Crippen LogP contribution in [0, 0.1) is 5.82 Å². The van der Waals surface area contributed by atoms with Crippen molar-refractivity contribution in [2.45, 2.75) is 30.0 Å². The molecule has 0 amide bonds. The second kappa shape index (κ2) is 4.42. The highest BCUT2D eigenvalue weighted by Gasteiger charge is 2.42. The fourth-order valence-corrected chi connectivity index (χ4v) is 3.25. The Bertz CT molecular complexity index is 592. The quantitative estimate of drug-likeness (QED) is 0.795. The zero-order valence-electron chi connectivity index (χ0n) is 10.1. The first-order valence-corrected chi connectivity index (χ1v) is 7.69. The molecule has 5 heteroatoms. The van der Waals surface area contributed by atoms with E-state index in [-0.39, 0.29) is 5.82 Å². The fourth-order valence-electron chi connectivity index (χ4n) is 2.28. The molecule has 18 heavy (non-hydrogen) atoms. The molecule has 0 aliphatic heterocycles. The predicted molar refractivity (Wildman–Crippen MR) is 74.7 cm³/mol. The summed E-state index contributed by atoms with van der Waals surface area (Å²) in [6, 6.07) is 4.71. The highest BCUT2D eigenvalue weighted by molar-refractivity contribution is 8.00. The number of aromatic nitrogens is 2. The normalized spacial score (nSPS) is 17.3. The van der Waals surface area contributed by atoms with Gasteiger partial charge in [-0.1, -0.05) is 0 Å². The first-order chi connectivity index (χ1) is 8.67. The maximum atomic E-state index is 13.4. The lowest BCUT2D eigenvalue weighted by atomic mass is 10.3. The zero-order valence-corrected chi connectivity index (χ0v) is 11.7. The molecule has 1 aromatic carbocycles. The average molecular weight is 285 g/mol. The third-order valence-corrected chi connectivity index (χ3v) is 5.24. The number of thioether (sulfide) groups is 1. The summed E-state index contributed by atoms with van der Waals surface area (Å²) < 4.78 is 15.8. The number of nitrogens with zero attached hydrogens (tertiary/aromatic N) is 2. The predicted octanol–water partition coefficient (Wildman–Crippen LogP) is 3.81. The molecule has 0 atom stereocenters. The first kappa shape index (κ1) is 12.3. The van der Waals surface area contributed by atoms with Crippen molar-refractivity contribution in [3.63, 3.8) is 0 Å². The number of imidazole rings is 1. The summed E-state index contributed by atoms with van der Waals surface area (Å²) in [5.74, 6) is 0.970. The Morgan fingerprint density at radius 2 is 2.28 bits per heavy atom. The van der Waals surface area contributed by atoms with E-state index in [1.807, 2.05) is 11.8 Å². The van der Waals surface area contributed by atoms with E-state index in [0.29, 0.717) is 10.6 Å². The lowest BCUT2D eigenvalue weighted by molar-refractivity contribution is 0.624. The van der Waals surface area contributed by atoms with Crippen LogP contribution in [0.5, 0.6) is 0 Å². The average Bonchev–Trinajstić information content (AvgIpc) is 3.08. The van der Waals surface area contributed by atoms with Crippen LogP contribution in [0.4, 0.5) is 4.39 Å². The number of halogens is 2. The minimum absolute atomic E-state index is 0.223. The summed E-state index contributed by atoms with van der Waals surface area (Å²) >= 11 is 7.83. The highest BCUT2D eigenvalue weighted by Crippen LogP contribution is 2.49. The van der Waals surface area contributed by atoms with E-state index in [0.717, 1.165) is 23.4 Å². The molecule has 0 bridgehead atoms. The van der Waals surface area contributed by atoms with Crippen LogP contribution in [0.25, 0.3) is 11.0 Å². The lowest BCUT2D eigenvalue weighted by Crippen LogP contribution is -2.15. The molecular formula is C13H14ClFN2S. The van der Waals surface area contributed by atoms with Gasteiger partial charge in [-0.05, 0) is 37.3 Å². The number of hydrogen-bond acceptors (Lipinski definition) is 2. The van der Waals surface area contributed by atoms with Crippen molar-refractivity contribution < 1.29 is 4.39 Å². The maximum Gasteiger partial charge on any atom is 0.125 e. The Morgan fingerprint density at radius 1 is 1.50 bits per heavy atom. The van der Waals surface area contributed by atoms with Crippen LogP contribution in [0.1, 0.15) is 18.7 Å². The second-order valence-electron chi connectivity index (χ2n) is 4.77. The van der Waals surface area contributed by atoms with Crippen LogP contribution >= 0.6 is 23.4 Å². The Balaban J connectivity index is 2.09. The van der Waals surface area contributed by atoms with Gasteiger partial charge in [0.25, 0.3) is 0 Å². The van der Waals surface area contributed by atoms with Gasteiger partial charge in [-0.2, -0.15) is 11.8 Å². The van der Waals surface area contributed by atoms with Crippen LogP contribution in [0.3, 0.4) is 0 Å².